The van der Waals surface area contributed by atoms with E-state index in [4.69, 9.17) is 20.3 Å². The monoisotopic (exact) mass is 485 g/mol. The highest BCUT2D eigenvalue weighted by atomic mass is 16.5. The van der Waals surface area contributed by atoms with Crippen LogP contribution in [0.1, 0.15) is 26.5 Å². The Hall–Kier alpha value is -4.30. The molecule has 8 nitrogen and oxygen atoms in total. The molecule has 3 aromatic carbocycles. The molecular formula is C28H31N5O3. The molecule has 0 aliphatic heterocycles. The molecule has 0 unspecified atom stereocenters. The maximum Gasteiger partial charge on any atom is 0.324 e. The van der Waals surface area contributed by atoms with E-state index in [0.717, 1.165) is 22.9 Å². The molecule has 0 aliphatic carbocycles. The molecule has 4 N–H and O–H groups in total. The molecule has 4 rings (SSSR count). The Bertz CT molecular complexity index is 1280. The maximum atomic E-state index is 12.8. The van der Waals surface area contributed by atoms with Crippen LogP contribution in [0.5, 0.6) is 17.2 Å². The highest BCUT2D eigenvalue weighted by Crippen LogP contribution is 2.28. The maximum absolute atomic E-state index is 12.8. The average molecular weight is 486 g/mol. The van der Waals surface area contributed by atoms with E-state index in [-0.39, 0.29) is 11.4 Å². The Morgan fingerprint density at radius 3 is 2.17 bits per heavy atom. The third-order valence-electron chi connectivity index (χ3n) is 5.28. The van der Waals surface area contributed by atoms with Gasteiger partial charge in [0, 0.05) is 23.7 Å². The molecule has 0 fully saturated rings. The molecule has 0 atom stereocenters. The number of hydrogen-bond acceptors (Lipinski definition) is 5. The number of aromatic nitrogens is 2. The molecule has 0 spiro atoms. The van der Waals surface area contributed by atoms with E-state index < -0.39 is 0 Å². The fraction of sp³-hybridized carbons (Fsp3) is 0.214. The van der Waals surface area contributed by atoms with Crippen LogP contribution in [0.25, 0.3) is 5.69 Å². The first kappa shape index (κ1) is 24.8. The molecule has 0 radical (unpaired) electrons. The number of nitrogens with one attached hydrogen (secondary N) is 2. The van der Waals surface area contributed by atoms with E-state index in [1.54, 1.807) is 28.9 Å². The van der Waals surface area contributed by atoms with Crippen molar-refractivity contribution < 1.29 is 14.3 Å². The molecule has 186 valence electrons. The molecule has 0 bridgehead atoms. The summed E-state index contributed by atoms with van der Waals surface area (Å²) in [7, 11) is 0. The van der Waals surface area contributed by atoms with Crippen LogP contribution in [-0.4, -0.2) is 29.0 Å². The summed E-state index contributed by atoms with van der Waals surface area (Å²) in [6.45, 7) is 7.12. The van der Waals surface area contributed by atoms with E-state index in [1.807, 2.05) is 60.7 Å². The standard InChI is InChI=1S/C28H31N5O3/c1-28(2,3)25-19-26(33(32-25)21-11-15-22(16-12-21)35-18-17-29)31-27(34)30-20-9-13-24(14-10-20)36-23-7-5-4-6-8-23/h4-16,19H,17-18,29H2,1-3H3,(H2,30,31,34). The third-order valence-corrected chi connectivity index (χ3v) is 5.28. The van der Waals surface area contributed by atoms with Crippen molar-refractivity contribution >= 4 is 17.5 Å². The van der Waals surface area contributed by atoms with Crippen molar-refractivity contribution in [2.45, 2.75) is 26.2 Å². The quantitative estimate of drug-likeness (QED) is 0.286. The number of ether oxygens (including phenoxy) is 2. The van der Waals surface area contributed by atoms with Crippen molar-refractivity contribution in [2.24, 2.45) is 5.73 Å². The molecule has 8 heteroatoms. The topological polar surface area (TPSA) is 103 Å². The minimum Gasteiger partial charge on any atom is -0.492 e. The van der Waals surface area contributed by atoms with Crippen LogP contribution in [0.15, 0.2) is 84.9 Å². The zero-order valence-electron chi connectivity index (χ0n) is 20.7. The highest BCUT2D eigenvalue weighted by Gasteiger charge is 2.21. The summed E-state index contributed by atoms with van der Waals surface area (Å²) >= 11 is 0. The Morgan fingerprint density at radius 1 is 0.889 bits per heavy atom. The van der Waals surface area contributed by atoms with Gasteiger partial charge in [-0.1, -0.05) is 39.0 Å². The largest absolute Gasteiger partial charge is 0.492 e. The number of benzene rings is 3. The van der Waals surface area contributed by atoms with Crippen molar-refractivity contribution in [2.75, 3.05) is 23.8 Å². The van der Waals surface area contributed by atoms with Crippen molar-refractivity contribution in [3.05, 3.63) is 90.6 Å². The van der Waals surface area contributed by atoms with Gasteiger partial charge < -0.3 is 20.5 Å². The van der Waals surface area contributed by atoms with E-state index in [1.165, 1.54) is 0 Å². The van der Waals surface area contributed by atoms with Gasteiger partial charge in [-0.2, -0.15) is 5.10 Å². The molecule has 0 saturated carbocycles. The van der Waals surface area contributed by atoms with Crippen molar-refractivity contribution in [3.8, 4) is 22.9 Å². The van der Waals surface area contributed by atoms with Gasteiger partial charge in [0.2, 0.25) is 0 Å². The summed E-state index contributed by atoms with van der Waals surface area (Å²) in [6, 6.07) is 25.7. The molecule has 0 aliphatic rings. The molecule has 36 heavy (non-hydrogen) atoms. The minimum absolute atomic E-state index is 0.198. The Labute approximate surface area is 211 Å². The Morgan fingerprint density at radius 2 is 1.53 bits per heavy atom. The van der Waals surface area contributed by atoms with Crippen LogP contribution in [0.4, 0.5) is 16.3 Å². The fourth-order valence-corrected chi connectivity index (χ4v) is 3.40. The summed E-state index contributed by atoms with van der Waals surface area (Å²) in [6.07, 6.45) is 0. The normalized spacial score (nSPS) is 11.1. The second-order valence-electron chi connectivity index (χ2n) is 9.23. The number of carbonyl (C=O) groups is 1. The lowest BCUT2D eigenvalue weighted by Gasteiger charge is -2.14. The SMILES string of the molecule is CC(C)(C)c1cc(NC(=O)Nc2ccc(Oc3ccccc3)cc2)n(-c2ccc(OCCN)cc2)n1. The lowest BCUT2D eigenvalue weighted by atomic mass is 9.92. The summed E-state index contributed by atoms with van der Waals surface area (Å²) in [5.74, 6) is 2.70. The zero-order chi connectivity index (χ0) is 25.5. The Kier molecular flexibility index (Phi) is 7.56. The van der Waals surface area contributed by atoms with Crippen molar-refractivity contribution in [1.82, 2.24) is 9.78 Å². The van der Waals surface area contributed by atoms with Gasteiger partial charge in [0.15, 0.2) is 0 Å². The number of urea groups is 1. The van der Waals surface area contributed by atoms with Gasteiger partial charge in [-0.15, -0.1) is 0 Å². The lowest BCUT2D eigenvalue weighted by molar-refractivity contribution is 0.262. The van der Waals surface area contributed by atoms with Gasteiger partial charge in [0.1, 0.15) is 29.7 Å². The van der Waals surface area contributed by atoms with Gasteiger partial charge in [-0.3, -0.25) is 5.32 Å². The van der Waals surface area contributed by atoms with Gasteiger partial charge in [0.05, 0.1) is 11.4 Å². The van der Waals surface area contributed by atoms with Crippen molar-refractivity contribution in [1.29, 1.82) is 0 Å². The summed E-state index contributed by atoms with van der Waals surface area (Å²) < 4.78 is 13.1. The molecular weight excluding hydrogens is 454 g/mol. The molecule has 2 amide bonds. The predicted octanol–water partition coefficient (Wildman–Crippen LogP) is 5.94. The third kappa shape index (κ3) is 6.43. The first-order valence-electron chi connectivity index (χ1n) is 11.8. The van der Waals surface area contributed by atoms with E-state index in [2.05, 4.69) is 31.4 Å². The smallest absolute Gasteiger partial charge is 0.324 e. The van der Waals surface area contributed by atoms with Gasteiger partial charge in [-0.05, 0) is 60.7 Å². The molecule has 4 aromatic rings. The zero-order valence-corrected chi connectivity index (χ0v) is 20.7. The van der Waals surface area contributed by atoms with E-state index in [0.29, 0.717) is 30.4 Å². The Balaban J connectivity index is 1.47. The number of carbonyl (C=O) groups excluding carboxylic acids is 1. The number of rotatable bonds is 8. The molecule has 0 saturated heterocycles. The number of amides is 2. The van der Waals surface area contributed by atoms with Gasteiger partial charge >= 0.3 is 6.03 Å². The van der Waals surface area contributed by atoms with Crippen LogP contribution >= 0.6 is 0 Å². The van der Waals surface area contributed by atoms with Crippen LogP contribution in [0, 0.1) is 0 Å². The average Bonchev–Trinajstić information content (AvgIpc) is 3.29. The number of anilines is 2. The van der Waals surface area contributed by atoms with E-state index >= 15 is 0 Å². The van der Waals surface area contributed by atoms with Crippen LogP contribution in [-0.2, 0) is 5.41 Å². The van der Waals surface area contributed by atoms with Gasteiger partial charge in [0.25, 0.3) is 0 Å². The van der Waals surface area contributed by atoms with Crippen LogP contribution < -0.4 is 25.8 Å². The number of hydrogen-bond donors (Lipinski definition) is 3. The molecule has 1 heterocycles. The second kappa shape index (κ2) is 11.0. The lowest BCUT2D eigenvalue weighted by Crippen LogP contribution is -2.21. The summed E-state index contributed by atoms with van der Waals surface area (Å²) in [5, 5.41) is 10.5. The summed E-state index contributed by atoms with van der Waals surface area (Å²) in [4.78, 5) is 12.8. The predicted molar refractivity (Wildman–Crippen MR) is 142 cm³/mol. The van der Waals surface area contributed by atoms with Crippen LogP contribution in [0.3, 0.4) is 0 Å². The summed E-state index contributed by atoms with van der Waals surface area (Å²) in [5.41, 5.74) is 7.59. The highest BCUT2D eigenvalue weighted by molar-refractivity contribution is 5.99. The number of nitrogens with zero attached hydrogens (tertiary/aromatic N) is 2. The number of nitrogens with two attached hydrogens (primary N) is 1. The van der Waals surface area contributed by atoms with Crippen molar-refractivity contribution in [3.63, 3.8) is 0 Å². The first-order chi connectivity index (χ1) is 17.3. The van der Waals surface area contributed by atoms with E-state index in [9.17, 15) is 4.79 Å². The minimum atomic E-state index is -0.378. The number of para-hydroxylation sites is 1. The fourth-order valence-electron chi connectivity index (χ4n) is 3.40. The van der Waals surface area contributed by atoms with Crippen LogP contribution in [0.2, 0.25) is 0 Å². The molecule has 1 aromatic heterocycles. The first-order valence-corrected chi connectivity index (χ1v) is 11.8. The van der Waals surface area contributed by atoms with Gasteiger partial charge in [-0.25, -0.2) is 9.48 Å². The second-order valence-corrected chi connectivity index (χ2v) is 9.23.